The highest BCUT2D eigenvalue weighted by Crippen LogP contribution is 2.33. The monoisotopic (exact) mass is 394 g/mol. The fourth-order valence-corrected chi connectivity index (χ4v) is 2.67. The number of benzene rings is 1. The van der Waals surface area contributed by atoms with Gasteiger partial charge in [0.25, 0.3) is 11.6 Å². The molecule has 1 amide bonds. The average Bonchev–Trinajstić information content (AvgIpc) is 2.99. The number of thioether (sulfide) groups is 1. The highest BCUT2D eigenvalue weighted by molar-refractivity contribution is 8.18. The van der Waals surface area contributed by atoms with Crippen molar-refractivity contribution in [2.45, 2.75) is 0 Å². The molecular weight excluding hydrogens is 380 g/mol. The summed E-state index contributed by atoms with van der Waals surface area (Å²) in [6.07, 6.45) is 2.16. The first-order valence-electron chi connectivity index (χ1n) is 7.19. The minimum atomic E-state index is -0.682. The second-order valence-electron chi connectivity index (χ2n) is 4.76. The number of carbonyl (C=O) groups excluding carboxylic acids is 2. The van der Waals surface area contributed by atoms with Crippen molar-refractivity contribution in [3.63, 3.8) is 0 Å². The number of nitrogens with one attached hydrogen (secondary N) is 1. The number of nitro benzene ring substituents is 1. The minimum Gasteiger partial charge on any atom is -0.493 e. The third kappa shape index (κ3) is 4.82. The number of rotatable bonds is 6. The predicted octanol–water partition coefficient (Wildman–Crippen LogP) is 1.22. The molecule has 1 heterocycles. The van der Waals surface area contributed by atoms with Gasteiger partial charge in [-0.1, -0.05) is 0 Å². The summed E-state index contributed by atoms with van der Waals surface area (Å²) in [5.41, 5.74) is -0.132. The average molecular weight is 394 g/mol. The standard InChI is InChI=1S/C15H14N4O7S/c1-24-10-4-8(9(19(22)23)5-11(10)25-2)7-16-18-15-17-14(21)12(27-15)6-13(20)26-3/h4-7H,1-3H3,(H,17,18,21)/b12-6+,16-7?. The Morgan fingerprint density at radius 1 is 1.26 bits per heavy atom. The Labute approximate surface area is 157 Å². The molecule has 0 unspecified atom stereocenters. The first kappa shape index (κ1) is 19.9. The number of carbonyl (C=O) groups is 2. The molecule has 0 saturated carbocycles. The van der Waals surface area contributed by atoms with Crippen molar-refractivity contribution in [2.24, 2.45) is 10.2 Å². The Morgan fingerprint density at radius 3 is 2.52 bits per heavy atom. The number of nitro groups is 1. The molecule has 1 aliphatic rings. The van der Waals surface area contributed by atoms with Crippen LogP contribution in [0.3, 0.4) is 0 Å². The summed E-state index contributed by atoms with van der Waals surface area (Å²) in [6, 6.07) is 2.58. The number of esters is 1. The van der Waals surface area contributed by atoms with Crippen molar-refractivity contribution < 1.29 is 28.7 Å². The molecule has 12 heteroatoms. The van der Waals surface area contributed by atoms with E-state index in [-0.39, 0.29) is 32.8 Å². The molecule has 1 aromatic carbocycles. The first-order chi connectivity index (χ1) is 12.9. The van der Waals surface area contributed by atoms with Crippen LogP contribution in [0.4, 0.5) is 5.69 Å². The van der Waals surface area contributed by atoms with Crippen molar-refractivity contribution >= 4 is 40.7 Å². The Hall–Kier alpha value is -3.41. The van der Waals surface area contributed by atoms with E-state index < -0.39 is 16.8 Å². The Balaban J connectivity index is 2.27. The van der Waals surface area contributed by atoms with Gasteiger partial charge in [-0.05, 0) is 17.8 Å². The molecule has 1 saturated heterocycles. The topological polar surface area (TPSA) is 142 Å². The molecule has 0 bridgehead atoms. The summed E-state index contributed by atoms with van der Waals surface area (Å²) in [7, 11) is 3.94. The number of methoxy groups -OCH3 is 3. The molecule has 1 aliphatic heterocycles. The van der Waals surface area contributed by atoms with E-state index in [4.69, 9.17) is 9.47 Å². The van der Waals surface area contributed by atoms with Gasteiger partial charge in [0, 0.05) is 6.08 Å². The highest BCUT2D eigenvalue weighted by Gasteiger charge is 2.25. The molecule has 142 valence electrons. The zero-order valence-corrected chi connectivity index (χ0v) is 15.2. The van der Waals surface area contributed by atoms with E-state index in [0.717, 1.165) is 24.1 Å². The largest absolute Gasteiger partial charge is 0.493 e. The lowest BCUT2D eigenvalue weighted by Crippen LogP contribution is -2.19. The van der Waals surface area contributed by atoms with Gasteiger partial charge >= 0.3 is 5.97 Å². The second-order valence-corrected chi connectivity index (χ2v) is 5.79. The number of hydrogen-bond donors (Lipinski definition) is 1. The van der Waals surface area contributed by atoms with Crippen molar-refractivity contribution in [1.82, 2.24) is 5.32 Å². The molecule has 0 spiro atoms. The number of amides is 1. The van der Waals surface area contributed by atoms with Crippen LogP contribution in [-0.2, 0) is 14.3 Å². The van der Waals surface area contributed by atoms with Crippen LogP contribution in [0, 0.1) is 10.1 Å². The maximum atomic E-state index is 11.7. The SMILES string of the molecule is COC(=O)/C=C1/S/C(=N\N=Cc2cc(OC)c(OC)cc2[N+](=O)[O-])NC1=O. The number of nitrogens with zero attached hydrogens (tertiary/aromatic N) is 3. The molecule has 0 atom stereocenters. The van der Waals surface area contributed by atoms with Gasteiger partial charge in [0.15, 0.2) is 16.7 Å². The zero-order chi connectivity index (χ0) is 20.0. The Bertz CT molecular complexity index is 879. The third-order valence-electron chi connectivity index (χ3n) is 3.18. The van der Waals surface area contributed by atoms with Gasteiger partial charge in [0.1, 0.15) is 0 Å². The normalized spacial score (nSPS) is 16.6. The van der Waals surface area contributed by atoms with Gasteiger partial charge in [0.05, 0.1) is 49.0 Å². The molecule has 1 fully saturated rings. The third-order valence-corrected chi connectivity index (χ3v) is 4.08. The van der Waals surface area contributed by atoms with Crippen molar-refractivity contribution in [3.05, 3.63) is 38.8 Å². The minimum absolute atomic E-state index is 0.0906. The van der Waals surface area contributed by atoms with E-state index in [0.29, 0.717) is 0 Å². The molecule has 0 radical (unpaired) electrons. The van der Waals surface area contributed by atoms with Gasteiger partial charge in [-0.3, -0.25) is 20.2 Å². The summed E-state index contributed by atoms with van der Waals surface area (Å²) in [6.45, 7) is 0. The first-order valence-corrected chi connectivity index (χ1v) is 8.01. The van der Waals surface area contributed by atoms with Crippen LogP contribution in [0.15, 0.2) is 33.3 Å². The van der Waals surface area contributed by atoms with Gasteiger partial charge < -0.3 is 14.2 Å². The summed E-state index contributed by atoms with van der Waals surface area (Å²) in [5, 5.41) is 21.3. The fourth-order valence-electron chi connectivity index (χ4n) is 1.93. The van der Waals surface area contributed by atoms with E-state index in [1.54, 1.807) is 0 Å². The number of hydrogen-bond acceptors (Lipinski definition) is 10. The quantitative estimate of drug-likeness (QED) is 0.249. The summed E-state index contributed by atoms with van der Waals surface area (Å²) < 4.78 is 14.6. The fraction of sp³-hybridized carbons (Fsp3) is 0.200. The number of amidine groups is 1. The molecule has 1 N–H and O–H groups in total. The number of ether oxygens (including phenoxy) is 3. The Morgan fingerprint density at radius 2 is 1.93 bits per heavy atom. The van der Waals surface area contributed by atoms with Gasteiger partial charge in [0.2, 0.25) is 0 Å². The van der Waals surface area contributed by atoms with Crippen LogP contribution in [0.1, 0.15) is 5.56 Å². The van der Waals surface area contributed by atoms with E-state index in [9.17, 15) is 19.7 Å². The van der Waals surface area contributed by atoms with Crippen LogP contribution < -0.4 is 14.8 Å². The highest BCUT2D eigenvalue weighted by atomic mass is 32.2. The maximum Gasteiger partial charge on any atom is 0.331 e. The van der Waals surface area contributed by atoms with Crippen LogP contribution in [0.5, 0.6) is 11.5 Å². The maximum absolute atomic E-state index is 11.7. The Kier molecular flexibility index (Phi) is 6.49. The lowest BCUT2D eigenvalue weighted by Gasteiger charge is -2.08. The molecule has 1 aromatic rings. The molecular formula is C15H14N4O7S. The molecule has 0 aliphatic carbocycles. The van der Waals surface area contributed by atoms with Crippen LogP contribution in [0.25, 0.3) is 0 Å². The van der Waals surface area contributed by atoms with E-state index >= 15 is 0 Å². The van der Waals surface area contributed by atoms with Gasteiger partial charge in [-0.15, -0.1) is 5.10 Å². The molecule has 11 nitrogen and oxygen atoms in total. The molecule has 27 heavy (non-hydrogen) atoms. The van der Waals surface area contributed by atoms with Crippen LogP contribution in [-0.4, -0.2) is 49.5 Å². The van der Waals surface area contributed by atoms with Crippen molar-refractivity contribution in [1.29, 1.82) is 0 Å². The van der Waals surface area contributed by atoms with Crippen molar-refractivity contribution in [2.75, 3.05) is 21.3 Å². The van der Waals surface area contributed by atoms with Crippen LogP contribution >= 0.6 is 11.8 Å². The summed E-state index contributed by atoms with van der Waals surface area (Å²) in [5.74, 6) is -0.734. The van der Waals surface area contributed by atoms with Gasteiger partial charge in [-0.25, -0.2) is 4.79 Å². The lowest BCUT2D eigenvalue weighted by molar-refractivity contribution is -0.385. The molecule has 2 rings (SSSR count). The predicted molar refractivity (Wildman–Crippen MR) is 97.1 cm³/mol. The van der Waals surface area contributed by atoms with Crippen molar-refractivity contribution in [3.8, 4) is 11.5 Å². The zero-order valence-electron chi connectivity index (χ0n) is 14.4. The van der Waals surface area contributed by atoms with Gasteiger partial charge in [-0.2, -0.15) is 5.10 Å². The van der Waals surface area contributed by atoms with E-state index in [1.165, 1.54) is 33.5 Å². The lowest BCUT2D eigenvalue weighted by atomic mass is 10.1. The van der Waals surface area contributed by atoms with Crippen LogP contribution in [0.2, 0.25) is 0 Å². The second kappa shape index (κ2) is 8.80. The summed E-state index contributed by atoms with van der Waals surface area (Å²) >= 11 is 0.879. The smallest absolute Gasteiger partial charge is 0.331 e. The summed E-state index contributed by atoms with van der Waals surface area (Å²) in [4.78, 5) is 33.6. The van der Waals surface area contributed by atoms with E-state index in [2.05, 4.69) is 20.3 Å². The molecule has 0 aromatic heterocycles. The van der Waals surface area contributed by atoms with E-state index in [1.807, 2.05) is 0 Å².